The highest BCUT2D eigenvalue weighted by Crippen LogP contribution is 2.44. The van der Waals surface area contributed by atoms with E-state index >= 15 is 0 Å². The number of hydrazone groups is 1. The maximum atomic E-state index is 13.7. The summed E-state index contributed by atoms with van der Waals surface area (Å²) in [5.74, 6) is -2.01. The molecule has 3 aromatic rings. The number of hydrogen-bond donors (Lipinski definition) is 1. The lowest BCUT2D eigenvalue weighted by molar-refractivity contribution is -0.137. The quantitative estimate of drug-likeness (QED) is 0.368. The monoisotopic (exact) mass is 501 g/mol. The second-order valence-corrected chi connectivity index (χ2v) is 9.10. The van der Waals surface area contributed by atoms with Crippen molar-refractivity contribution in [3.05, 3.63) is 107 Å². The molecular weight excluding hydrogens is 476 g/mol. The molecule has 188 valence electrons. The summed E-state index contributed by atoms with van der Waals surface area (Å²) in [5.41, 5.74) is 9.57. The Morgan fingerprint density at radius 1 is 1.00 bits per heavy atom. The zero-order valence-electron chi connectivity index (χ0n) is 19.9. The van der Waals surface area contributed by atoms with Crippen LogP contribution in [0.3, 0.4) is 0 Å². The number of anilines is 1. The summed E-state index contributed by atoms with van der Waals surface area (Å²) in [5, 5.41) is 6.05. The van der Waals surface area contributed by atoms with E-state index in [9.17, 15) is 18.4 Å². The van der Waals surface area contributed by atoms with E-state index in [0.717, 1.165) is 41.7 Å². The summed E-state index contributed by atoms with van der Waals surface area (Å²) >= 11 is 0. The van der Waals surface area contributed by atoms with Gasteiger partial charge in [0.15, 0.2) is 6.61 Å². The van der Waals surface area contributed by atoms with Crippen LogP contribution in [0.1, 0.15) is 46.8 Å². The van der Waals surface area contributed by atoms with Crippen LogP contribution in [0.2, 0.25) is 0 Å². The van der Waals surface area contributed by atoms with Gasteiger partial charge in [-0.05, 0) is 78.4 Å². The van der Waals surface area contributed by atoms with E-state index in [1.54, 1.807) is 42.5 Å². The number of nitrogen functional groups attached to an aromatic ring is 1. The second kappa shape index (κ2) is 10.3. The number of halogens is 2. The van der Waals surface area contributed by atoms with Crippen molar-refractivity contribution >= 4 is 29.4 Å². The number of benzene rings is 3. The van der Waals surface area contributed by atoms with Gasteiger partial charge in [-0.15, -0.1) is 0 Å². The number of rotatable bonds is 5. The van der Waals surface area contributed by atoms with E-state index in [4.69, 9.17) is 15.6 Å². The van der Waals surface area contributed by atoms with Gasteiger partial charge < -0.3 is 10.5 Å². The number of fused-ring (bicyclic) bond motifs is 1. The molecule has 8 heteroatoms. The van der Waals surface area contributed by atoms with Crippen molar-refractivity contribution in [1.29, 1.82) is 0 Å². The fourth-order valence-electron chi connectivity index (χ4n) is 4.91. The molecule has 0 aromatic heterocycles. The third-order valence-corrected chi connectivity index (χ3v) is 6.69. The summed E-state index contributed by atoms with van der Waals surface area (Å²) in [6, 6.07) is 18.2. The lowest BCUT2D eigenvalue weighted by atomic mass is 9.77. The summed E-state index contributed by atoms with van der Waals surface area (Å²) in [7, 11) is 0. The highest BCUT2D eigenvalue weighted by molar-refractivity contribution is 6.08. The summed E-state index contributed by atoms with van der Waals surface area (Å²) in [4.78, 5) is 25.9. The van der Waals surface area contributed by atoms with E-state index in [0.29, 0.717) is 0 Å². The molecule has 1 saturated carbocycles. The van der Waals surface area contributed by atoms with E-state index in [1.807, 2.05) is 6.08 Å². The van der Waals surface area contributed by atoms with Gasteiger partial charge in [0.2, 0.25) is 0 Å². The van der Waals surface area contributed by atoms with Gasteiger partial charge in [0.1, 0.15) is 11.6 Å². The van der Waals surface area contributed by atoms with Gasteiger partial charge in [-0.25, -0.2) is 18.6 Å². The highest BCUT2D eigenvalue weighted by Gasteiger charge is 2.43. The third-order valence-electron chi connectivity index (χ3n) is 6.69. The van der Waals surface area contributed by atoms with E-state index in [-0.39, 0.29) is 28.8 Å². The first-order valence-electron chi connectivity index (χ1n) is 12.0. The molecule has 37 heavy (non-hydrogen) atoms. The van der Waals surface area contributed by atoms with Gasteiger partial charge in [0, 0.05) is 11.6 Å². The molecule has 2 atom stereocenters. The molecule has 2 N–H and O–H groups in total. The number of carbonyl (C=O) groups is 2. The Kier molecular flexibility index (Phi) is 6.81. The standard InChI is InChI=1S/C29H25F2N3O3/c30-21-12-8-18(9-13-21)16-20-4-3-6-24-27(20)33-34(28(24)19-10-14-22(31)15-11-19)26(35)17-37-29(36)23-5-1-2-7-25(23)32/h1-2,5,7-16,24,28H,3-4,6,17,32H2. The van der Waals surface area contributed by atoms with Crippen molar-refractivity contribution in [2.75, 3.05) is 12.3 Å². The lowest BCUT2D eigenvalue weighted by Gasteiger charge is -2.29. The zero-order valence-corrected chi connectivity index (χ0v) is 19.9. The van der Waals surface area contributed by atoms with Crippen molar-refractivity contribution in [2.24, 2.45) is 11.0 Å². The van der Waals surface area contributed by atoms with Crippen molar-refractivity contribution in [2.45, 2.75) is 25.3 Å². The molecule has 1 aliphatic heterocycles. The molecular formula is C29H25F2N3O3. The van der Waals surface area contributed by atoms with Gasteiger partial charge in [0.05, 0.1) is 17.3 Å². The van der Waals surface area contributed by atoms with Crippen molar-refractivity contribution in [3.63, 3.8) is 0 Å². The smallest absolute Gasteiger partial charge is 0.340 e. The number of nitrogens with two attached hydrogens (primary N) is 1. The number of para-hydroxylation sites is 1. The van der Waals surface area contributed by atoms with Crippen LogP contribution < -0.4 is 5.73 Å². The zero-order chi connectivity index (χ0) is 25.9. The summed E-state index contributed by atoms with van der Waals surface area (Å²) < 4.78 is 32.4. The molecule has 5 rings (SSSR count). The summed E-state index contributed by atoms with van der Waals surface area (Å²) in [6.07, 6.45) is 4.37. The Morgan fingerprint density at radius 2 is 1.68 bits per heavy atom. The van der Waals surface area contributed by atoms with Crippen LogP contribution >= 0.6 is 0 Å². The molecule has 2 aliphatic rings. The van der Waals surface area contributed by atoms with E-state index in [1.165, 1.54) is 35.3 Å². The molecule has 2 unspecified atom stereocenters. The number of ether oxygens (including phenoxy) is 1. The molecule has 0 radical (unpaired) electrons. The number of nitrogens with zero attached hydrogens (tertiary/aromatic N) is 2. The molecule has 1 heterocycles. The van der Waals surface area contributed by atoms with Crippen LogP contribution in [-0.4, -0.2) is 29.2 Å². The Bertz CT molecular complexity index is 1380. The van der Waals surface area contributed by atoms with Gasteiger partial charge in [-0.1, -0.05) is 36.4 Å². The normalized spacial score (nSPS) is 19.9. The number of amides is 1. The van der Waals surface area contributed by atoms with Crippen LogP contribution in [0.15, 0.2) is 83.5 Å². The first-order valence-corrected chi connectivity index (χ1v) is 12.0. The van der Waals surface area contributed by atoms with Crippen LogP contribution in [0.5, 0.6) is 0 Å². The first-order chi connectivity index (χ1) is 17.9. The van der Waals surface area contributed by atoms with Crippen LogP contribution in [0.4, 0.5) is 14.5 Å². The van der Waals surface area contributed by atoms with E-state index < -0.39 is 24.5 Å². The maximum Gasteiger partial charge on any atom is 0.340 e. The van der Waals surface area contributed by atoms with Gasteiger partial charge in [-0.2, -0.15) is 5.10 Å². The fraction of sp³-hybridized carbons (Fsp3) is 0.207. The second-order valence-electron chi connectivity index (χ2n) is 9.10. The minimum atomic E-state index is -0.703. The average Bonchev–Trinajstić information content (AvgIpc) is 3.30. The number of allylic oxidation sites excluding steroid dienone is 1. The number of esters is 1. The molecule has 1 fully saturated rings. The Hall–Kier alpha value is -4.33. The molecule has 1 amide bonds. The third kappa shape index (κ3) is 5.14. The Morgan fingerprint density at radius 3 is 2.38 bits per heavy atom. The van der Waals surface area contributed by atoms with Gasteiger partial charge >= 0.3 is 5.97 Å². The minimum absolute atomic E-state index is 0.115. The molecule has 0 spiro atoms. The van der Waals surface area contributed by atoms with Crippen LogP contribution in [0, 0.1) is 17.6 Å². The molecule has 3 aromatic carbocycles. The predicted molar refractivity (Wildman–Crippen MR) is 136 cm³/mol. The van der Waals surface area contributed by atoms with Gasteiger partial charge in [-0.3, -0.25) is 4.79 Å². The van der Waals surface area contributed by atoms with Crippen LogP contribution in [-0.2, 0) is 9.53 Å². The predicted octanol–water partition coefficient (Wildman–Crippen LogP) is 5.53. The van der Waals surface area contributed by atoms with E-state index in [2.05, 4.69) is 0 Å². The SMILES string of the molecule is Nc1ccccc1C(=O)OCC(=O)N1N=C2C(=Cc3ccc(F)cc3)CCCC2C1c1ccc(F)cc1. The average molecular weight is 502 g/mol. The topological polar surface area (TPSA) is 85.0 Å². The Balaban J connectivity index is 1.44. The van der Waals surface area contributed by atoms with Crippen molar-refractivity contribution < 1.29 is 23.1 Å². The minimum Gasteiger partial charge on any atom is -0.452 e. The largest absolute Gasteiger partial charge is 0.452 e. The lowest BCUT2D eigenvalue weighted by Crippen LogP contribution is -2.34. The molecule has 6 nitrogen and oxygen atoms in total. The maximum absolute atomic E-state index is 13.7. The summed E-state index contributed by atoms with van der Waals surface area (Å²) in [6.45, 7) is -0.522. The molecule has 0 bridgehead atoms. The fourth-order valence-corrected chi connectivity index (χ4v) is 4.91. The molecule has 0 saturated heterocycles. The Labute approximate surface area is 213 Å². The van der Waals surface area contributed by atoms with Crippen LogP contribution in [0.25, 0.3) is 6.08 Å². The molecule has 1 aliphatic carbocycles. The first kappa shape index (κ1) is 24.4. The van der Waals surface area contributed by atoms with Crippen molar-refractivity contribution in [1.82, 2.24) is 5.01 Å². The van der Waals surface area contributed by atoms with Gasteiger partial charge in [0.25, 0.3) is 5.91 Å². The number of carbonyl (C=O) groups excluding carboxylic acids is 2. The highest BCUT2D eigenvalue weighted by atomic mass is 19.1. The number of hydrogen-bond acceptors (Lipinski definition) is 5. The van der Waals surface area contributed by atoms with Crippen molar-refractivity contribution in [3.8, 4) is 0 Å².